The highest BCUT2D eigenvalue weighted by Gasteiger charge is 2.34. The molecule has 20 heavy (non-hydrogen) atoms. The van der Waals surface area contributed by atoms with Gasteiger partial charge >= 0.3 is 0 Å². The Kier molecular flexibility index (Phi) is 4.65. The minimum atomic E-state index is -0.719. The molecule has 1 heterocycles. The second kappa shape index (κ2) is 6.27. The van der Waals surface area contributed by atoms with E-state index in [0.717, 1.165) is 18.6 Å². The van der Waals surface area contributed by atoms with Crippen LogP contribution in [0.3, 0.4) is 0 Å². The molecular weight excluding hydrogens is 266 g/mol. The molecule has 1 aromatic carbocycles. The average Bonchev–Trinajstić information content (AvgIpc) is 2.91. The fourth-order valence-electron chi connectivity index (χ4n) is 2.21. The van der Waals surface area contributed by atoms with E-state index < -0.39 is 17.2 Å². The van der Waals surface area contributed by atoms with Crippen LogP contribution in [0.25, 0.3) is 0 Å². The van der Waals surface area contributed by atoms with E-state index in [1.807, 2.05) is 0 Å². The third-order valence-electron chi connectivity index (χ3n) is 3.52. The van der Waals surface area contributed by atoms with Crippen molar-refractivity contribution in [3.8, 4) is 6.07 Å². The molecule has 1 saturated heterocycles. The van der Waals surface area contributed by atoms with Gasteiger partial charge in [0.15, 0.2) is 0 Å². The largest absolute Gasteiger partial charge is 0.378 e. The quantitative estimate of drug-likeness (QED) is 0.893. The van der Waals surface area contributed by atoms with Crippen molar-refractivity contribution >= 4 is 0 Å². The van der Waals surface area contributed by atoms with Gasteiger partial charge in [0.05, 0.1) is 18.2 Å². The molecule has 0 aromatic heterocycles. The molecule has 0 spiro atoms. The Hall–Kier alpha value is -1.55. The molecule has 1 atom stereocenters. The summed E-state index contributed by atoms with van der Waals surface area (Å²) in [5.74, 6) is -1.44. The Balaban J connectivity index is 1.99. The molecule has 6 heteroatoms. The highest BCUT2D eigenvalue weighted by molar-refractivity contribution is 5.34. The molecule has 0 radical (unpaired) electrons. The van der Waals surface area contributed by atoms with E-state index in [2.05, 4.69) is 5.32 Å². The summed E-state index contributed by atoms with van der Waals surface area (Å²) in [5.41, 5.74) is -0.532. The molecule has 2 rings (SSSR count). The summed E-state index contributed by atoms with van der Waals surface area (Å²) >= 11 is 0. The predicted octanol–water partition coefficient (Wildman–Crippen LogP) is 1.73. The van der Waals surface area contributed by atoms with Gasteiger partial charge in [-0.25, -0.2) is 8.78 Å². The number of methoxy groups -OCH3 is 1. The molecule has 1 aliphatic rings. The fraction of sp³-hybridized carbons (Fsp3) is 0.500. The first kappa shape index (κ1) is 14.9. The van der Waals surface area contributed by atoms with Gasteiger partial charge in [-0.1, -0.05) is 0 Å². The first-order valence-corrected chi connectivity index (χ1v) is 6.32. The molecule has 1 aliphatic heterocycles. The van der Waals surface area contributed by atoms with E-state index in [0.29, 0.717) is 19.8 Å². The monoisotopic (exact) mass is 282 g/mol. The van der Waals surface area contributed by atoms with Crippen molar-refractivity contribution in [3.63, 3.8) is 0 Å². The van der Waals surface area contributed by atoms with Crippen LogP contribution in [0.1, 0.15) is 17.5 Å². The third-order valence-corrected chi connectivity index (χ3v) is 3.52. The molecule has 0 aliphatic carbocycles. The van der Waals surface area contributed by atoms with Crippen LogP contribution in [0.15, 0.2) is 12.1 Å². The molecular formula is C14H16F2N2O2. The van der Waals surface area contributed by atoms with Crippen molar-refractivity contribution in [3.05, 3.63) is 34.9 Å². The van der Waals surface area contributed by atoms with E-state index in [1.165, 1.54) is 0 Å². The minimum absolute atomic E-state index is 0.0266. The lowest BCUT2D eigenvalue weighted by Crippen LogP contribution is -2.42. The zero-order chi connectivity index (χ0) is 14.6. The van der Waals surface area contributed by atoms with Gasteiger partial charge in [-0.3, -0.25) is 0 Å². The SMILES string of the molecule is COC1(CNCc2c(F)cc(C#N)cc2F)CCOC1. The second-order valence-electron chi connectivity index (χ2n) is 4.82. The van der Waals surface area contributed by atoms with Crippen molar-refractivity contribution in [2.24, 2.45) is 0 Å². The Morgan fingerprint density at radius 3 is 2.65 bits per heavy atom. The second-order valence-corrected chi connectivity index (χ2v) is 4.82. The molecule has 0 bridgehead atoms. The van der Waals surface area contributed by atoms with Crippen molar-refractivity contribution in [2.75, 3.05) is 26.9 Å². The van der Waals surface area contributed by atoms with Gasteiger partial charge in [-0.2, -0.15) is 5.26 Å². The van der Waals surface area contributed by atoms with Crippen molar-refractivity contribution in [1.29, 1.82) is 5.26 Å². The first-order valence-electron chi connectivity index (χ1n) is 6.32. The standard InChI is InChI=1S/C14H16F2N2O2/c1-19-14(2-3-20-9-14)8-18-7-11-12(15)4-10(6-17)5-13(11)16/h4-5,18H,2-3,7-9H2,1H3. The molecule has 1 N–H and O–H groups in total. The van der Waals surface area contributed by atoms with E-state index in [-0.39, 0.29) is 17.7 Å². The van der Waals surface area contributed by atoms with Crippen molar-refractivity contribution < 1.29 is 18.3 Å². The Bertz CT molecular complexity index is 499. The van der Waals surface area contributed by atoms with Gasteiger partial charge < -0.3 is 14.8 Å². The smallest absolute Gasteiger partial charge is 0.131 e. The summed E-state index contributed by atoms with van der Waals surface area (Å²) in [5, 5.41) is 11.6. The number of benzene rings is 1. The molecule has 1 unspecified atom stereocenters. The highest BCUT2D eigenvalue weighted by atomic mass is 19.1. The normalized spacial score (nSPS) is 21.9. The number of nitrogens with one attached hydrogen (secondary N) is 1. The van der Waals surface area contributed by atoms with Crippen LogP contribution in [0, 0.1) is 23.0 Å². The molecule has 108 valence electrons. The number of hydrogen-bond acceptors (Lipinski definition) is 4. The molecule has 1 fully saturated rings. The van der Waals surface area contributed by atoms with Crippen LogP contribution >= 0.6 is 0 Å². The van der Waals surface area contributed by atoms with E-state index in [1.54, 1.807) is 13.2 Å². The maximum Gasteiger partial charge on any atom is 0.131 e. The molecule has 1 aromatic rings. The van der Waals surface area contributed by atoms with Gasteiger partial charge in [-0.15, -0.1) is 0 Å². The summed E-state index contributed by atoms with van der Waals surface area (Å²) in [6.07, 6.45) is 0.745. The number of nitriles is 1. The van der Waals surface area contributed by atoms with Crippen LogP contribution in [0.5, 0.6) is 0 Å². The molecule has 0 amide bonds. The lowest BCUT2D eigenvalue weighted by Gasteiger charge is -2.26. The van der Waals surface area contributed by atoms with E-state index >= 15 is 0 Å². The predicted molar refractivity (Wildman–Crippen MR) is 68.0 cm³/mol. The van der Waals surface area contributed by atoms with Gasteiger partial charge in [-0.05, 0) is 12.1 Å². The number of ether oxygens (including phenoxy) is 2. The molecule has 0 saturated carbocycles. The first-order chi connectivity index (χ1) is 9.60. The lowest BCUT2D eigenvalue weighted by atomic mass is 10.0. The fourth-order valence-corrected chi connectivity index (χ4v) is 2.21. The maximum absolute atomic E-state index is 13.7. The number of nitrogens with zero attached hydrogens (tertiary/aromatic N) is 1. The maximum atomic E-state index is 13.7. The van der Waals surface area contributed by atoms with E-state index in [9.17, 15) is 8.78 Å². The van der Waals surface area contributed by atoms with Crippen molar-refractivity contribution in [2.45, 2.75) is 18.6 Å². The van der Waals surface area contributed by atoms with Crippen LogP contribution < -0.4 is 5.32 Å². The summed E-state index contributed by atoms with van der Waals surface area (Å²) in [4.78, 5) is 0. The number of hydrogen-bond donors (Lipinski definition) is 1. The average molecular weight is 282 g/mol. The summed E-state index contributed by atoms with van der Waals surface area (Å²) in [6, 6.07) is 3.78. The van der Waals surface area contributed by atoms with Gasteiger partial charge in [0, 0.05) is 38.8 Å². The van der Waals surface area contributed by atoms with Gasteiger partial charge in [0.25, 0.3) is 0 Å². The van der Waals surface area contributed by atoms with Crippen LogP contribution in [-0.2, 0) is 16.0 Å². The summed E-state index contributed by atoms with van der Waals surface area (Å²) in [6.45, 7) is 1.57. The zero-order valence-corrected chi connectivity index (χ0v) is 11.2. The Labute approximate surface area is 116 Å². The zero-order valence-electron chi connectivity index (χ0n) is 11.2. The van der Waals surface area contributed by atoms with Gasteiger partial charge in [0.2, 0.25) is 0 Å². The number of rotatable bonds is 5. The third kappa shape index (κ3) is 3.12. The molecule has 4 nitrogen and oxygen atoms in total. The Morgan fingerprint density at radius 2 is 2.15 bits per heavy atom. The van der Waals surface area contributed by atoms with Crippen LogP contribution in [0.2, 0.25) is 0 Å². The Morgan fingerprint density at radius 1 is 1.45 bits per heavy atom. The van der Waals surface area contributed by atoms with Gasteiger partial charge in [0.1, 0.15) is 17.2 Å². The van der Waals surface area contributed by atoms with E-state index in [4.69, 9.17) is 14.7 Å². The highest BCUT2D eigenvalue weighted by Crippen LogP contribution is 2.22. The topological polar surface area (TPSA) is 54.3 Å². The van der Waals surface area contributed by atoms with Crippen molar-refractivity contribution in [1.82, 2.24) is 5.32 Å². The van der Waals surface area contributed by atoms with Crippen LogP contribution in [-0.4, -0.2) is 32.5 Å². The minimum Gasteiger partial charge on any atom is -0.378 e. The summed E-state index contributed by atoms with van der Waals surface area (Å²) in [7, 11) is 1.60. The van der Waals surface area contributed by atoms with Crippen LogP contribution in [0.4, 0.5) is 8.78 Å². The lowest BCUT2D eigenvalue weighted by molar-refractivity contribution is -0.0160. The number of halogens is 2. The summed E-state index contributed by atoms with van der Waals surface area (Å²) < 4.78 is 38.1.